The van der Waals surface area contributed by atoms with Crippen molar-refractivity contribution in [1.82, 2.24) is 19.6 Å². The minimum atomic E-state index is -5.08. The number of carboxylic acid groups (broad SMARTS) is 1. The van der Waals surface area contributed by atoms with Crippen molar-refractivity contribution in [3.05, 3.63) is 0 Å². The Balaban J connectivity index is 0.000000516. The molecule has 0 bridgehead atoms. The Hall–Kier alpha value is -2.04. The van der Waals surface area contributed by atoms with Crippen LogP contribution in [0.1, 0.15) is 32.1 Å². The lowest BCUT2D eigenvalue weighted by atomic mass is 9.87. The number of hydrogen-bond acceptors (Lipinski definition) is 4. The molecule has 29 heavy (non-hydrogen) atoms. The summed E-state index contributed by atoms with van der Waals surface area (Å²) >= 11 is 0. The molecule has 1 unspecified atom stereocenters. The van der Waals surface area contributed by atoms with E-state index >= 15 is 0 Å². The largest absolute Gasteiger partial charge is 0.490 e. The van der Waals surface area contributed by atoms with Crippen LogP contribution in [0.3, 0.4) is 0 Å². The van der Waals surface area contributed by atoms with Crippen LogP contribution < -0.4 is 0 Å². The van der Waals surface area contributed by atoms with Crippen LogP contribution in [0.25, 0.3) is 0 Å². The van der Waals surface area contributed by atoms with Crippen LogP contribution >= 0.6 is 0 Å². The Labute approximate surface area is 169 Å². The predicted molar refractivity (Wildman–Crippen MR) is 100 cm³/mol. The second-order valence-corrected chi connectivity index (χ2v) is 7.89. The number of likely N-dealkylation sites (tertiary alicyclic amines) is 2. The average molecular weight is 424 g/mol. The quantitative estimate of drug-likeness (QED) is 0.746. The molecule has 8 nitrogen and oxygen atoms in total. The van der Waals surface area contributed by atoms with Crippen molar-refractivity contribution in [1.29, 1.82) is 0 Å². The standard InChI is InChI=1S/C16H30N4O2.C2HF3O2/c1-17(2)12-13-20-14(21)6-8-16(20)7-5-10-19(11-9-16)15(22)18(3)4;3-2(4,5)1(6)7/h5-13H2,1-4H3;(H,6,7). The Morgan fingerprint density at radius 2 is 1.69 bits per heavy atom. The molecule has 0 aromatic heterocycles. The van der Waals surface area contributed by atoms with Gasteiger partial charge in [-0.1, -0.05) is 0 Å². The van der Waals surface area contributed by atoms with Crippen molar-refractivity contribution < 1.29 is 32.7 Å². The van der Waals surface area contributed by atoms with E-state index in [1.54, 1.807) is 19.0 Å². The molecule has 2 fully saturated rings. The molecule has 0 aliphatic carbocycles. The number of rotatable bonds is 3. The predicted octanol–water partition coefficient (Wildman–Crippen LogP) is 1.71. The van der Waals surface area contributed by atoms with Crippen LogP contribution in [-0.2, 0) is 9.59 Å². The Morgan fingerprint density at radius 1 is 1.10 bits per heavy atom. The number of carboxylic acids is 1. The van der Waals surface area contributed by atoms with E-state index < -0.39 is 12.1 Å². The van der Waals surface area contributed by atoms with E-state index in [-0.39, 0.29) is 17.5 Å². The molecular weight excluding hydrogens is 393 g/mol. The van der Waals surface area contributed by atoms with Crippen LogP contribution in [0.4, 0.5) is 18.0 Å². The van der Waals surface area contributed by atoms with E-state index in [1.807, 2.05) is 19.0 Å². The third-order valence-electron chi connectivity index (χ3n) is 5.26. The molecule has 0 aromatic carbocycles. The summed E-state index contributed by atoms with van der Waals surface area (Å²) in [6.45, 7) is 3.25. The fourth-order valence-electron chi connectivity index (χ4n) is 3.71. The summed E-state index contributed by atoms with van der Waals surface area (Å²) in [7, 11) is 7.67. The first-order valence-electron chi connectivity index (χ1n) is 9.52. The summed E-state index contributed by atoms with van der Waals surface area (Å²) in [6.07, 6.45) is -0.571. The van der Waals surface area contributed by atoms with Gasteiger partial charge in [-0.3, -0.25) is 4.79 Å². The molecule has 2 heterocycles. The zero-order valence-electron chi connectivity index (χ0n) is 17.5. The molecule has 0 radical (unpaired) electrons. The van der Waals surface area contributed by atoms with Crippen LogP contribution in [0.2, 0.25) is 0 Å². The van der Waals surface area contributed by atoms with Gasteiger partial charge in [0.2, 0.25) is 5.91 Å². The summed E-state index contributed by atoms with van der Waals surface area (Å²) in [5, 5.41) is 7.12. The van der Waals surface area contributed by atoms with Gasteiger partial charge < -0.3 is 24.7 Å². The van der Waals surface area contributed by atoms with E-state index in [0.29, 0.717) is 6.42 Å². The van der Waals surface area contributed by atoms with Gasteiger partial charge in [-0.25, -0.2) is 9.59 Å². The number of halogens is 3. The van der Waals surface area contributed by atoms with E-state index in [4.69, 9.17) is 9.90 Å². The molecule has 168 valence electrons. The van der Waals surface area contributed by atoms with E-state index in [9.17, 15) is 22.8 Å². The fraction of sp³-hybridized carbons (Fsp3) is 0.833. The summed E-state index contributed by atoms with van der Waals surface area (Å²) in [5.74, 6) is -2.47. The lowest BCUT2D eigenvalue weighted by Crippen LogP contribution is -2.49. The molecule has 2 rings (SSSR count). The van der Waals surface area contributed by atoms with E-state index in [1.165, 1.54) is 0 Å². The molecule has 11 heteroatoms. The van der Waals surface area contributed by atoms with Crippen molar-refractivity contribution >= 4 is 17.9 Å². The minimum Gasteiger partial charge on any atom is -0.475 e. The third-order valence-corrected chi connectivity index (χ3v) is 5.26. The van der Waals surface area contributed by atoms with Crippen molar-refractivity contribution in [2.24, 2.45) is 0 Å². The summed E-state index contributed by atoms with van der Waals surface area (Å²) in [5.41, 5.74) is -0.0194. The Morgan fingerprint density at radius 3 is 2.17 bits per heavy atom. The van der Waals surface area contributed by atoms with Gasteiger partial charge in [-0.2, -0.15) is 13.2 Å². The smallest absolute Gasteiger partial charge is 0.475 e. The normalized spacial score (nSPS) is 22.4. The number of hydrogen-bond donors (Lipinski definition) is 1. The molecule has 3 amide bonds. The van der Waals surface area contributed by atoms with E-state index in [2.05, 4.69) is 9.80 Å². The summed E-state index contributed by atoms with van der Waals surface area (Å²) < 4.78 is 31.7. The highest BCUT2D eigenvalue weighted by atomic mass is 19.4. The number of alkyl halides is 3. The zero-order valence-corrected chi connectivity index (χ0v) is 17.5. The lowest BCUT2D eigenvalue weighted by molar-refractivity contribution is -0.192. The maximum absolute atomic E-state index is 12.3. The molecule has 1 spiro atoms. The SMILES string of the molecule is CN(C)CCN1C(=O)CCC12CCCN(C(=O)N(C)C)CC2.O=C(O)C(F)(F)F. The molecule has 2 saturated heterocycles. The van der Waals surface area contributed by atoms with Gasteiger partial charge in [-0.15, -0.1) is 0 Å². The highest BCUT2D eigenvalue weighted by Gasteiger charge is 2.45. The van der Waals surface area contributed by atoms with Crippen molar-refractivity contribution in [2.45, 2.75) is 43.8 Å². The van der Waals surface area contributed by atoms with Crippen LogP contribution in [0, 0.1) is 0 Å². The van der Waals surface area contributed by atoms with E-state index in [0.717, 1.165) is 51.9 Å². The maximum Gasteiger partial charge on any atom is 0.490 e. The number of urea groups is 1. The van der Waals surface area contributed by atoms with Crippen molar-refractivity contribution in [3.8, 4) is 0 Å². The number of carbonyl (C=O) groups excluding carboxylic acids is 2. The van der Waals surface area contributed by atoms with Crippen LogP contribution in [0.15, 0.2) is 0 Å². The highest BCUT2D eigenvalue weighted by Crippen LogP contribution is 2.39. The lowest BCUT2D eigenvalue weighted by Gasteiger charge is -2.38. The number of nitrogens with zero attached hydrogens (tertiary/aromatic N) is 4. The van der Waals surface area contributed by atoms with Gasteiger partial charge in [0.25, 0.3) is 0 Å². The fourth-order valence-corrected chi connectivity index (χ4v) is 3.71. The Bertz CT molecular complexity index is 598. The third kappa shape index (κ3) is 7.06. The highest BCUT2D eigenvalue weighted by molar-refractivity contribution is 5.80. The van der Waals surface area contributed by atoms with Gasteiger partial charge >= 0.3 is 18.2 Å². The van der Waals surface area contributed by atoms with Gasteiger partial charge in [0, 0.05) is 52.2 Å². The minimum absolute atomic E-state index is 0.0194. The second kappa shape index (κ2) is 10.1. The molecule has 1 N–H and O–H groups in total. The number of likely N-dealkylation sites (N-methyl/N-ethyl adjacent to an activating group) is 1. The topological polar surface area (TPSA) is 84.4 Å². The zero-order chi connectivity index (χ0) is 22.4. The molecule has 2 aliphatic heterocycles. The van der Waals surface area contributed by atoms with Gasteiger partial charge in [-0.05, 0) is 39.8 Å². The van der Waals surface area contributed by atoms with Gasteiger partial charge in [0.1, 0.15) is 0 Å². The van der Waals surface area contributed by atoms with Gasteiger partial charge in [0.05, 0.1) is 0 Å². The van der Waals surface area contributed by atoms with Gasteiger partial charge in [0.15, 0.2) is 0 Å². The number of aliphatic carboxylic acids is 1. The molecule has 2 aliphatic rings. The maximum atomic E-state index is 12.3. The molecule has 0 saturated carbocycles. The van der Waals surface area contributed by atoms with Crippen LogP contribution in [0.5, 0.6) is 0 Å². The Kier molecular flexibility index (Phi) is 8.73. The summed E-state index contributed by atoms with van der Waals surface area (Å²) in [6, 6.07) is 0.0845. The van der Waals surface area contributed by atoms with Crippen molar-refractivity contribution in [3.63, 3.8) is 0 Å². The summed E-state index contributed by atoms with van der Waals surface area (Å²) in [4.78, 5) is 41.2. The monoisotopic (exact) mass is 424 g/mol. The average Bonchev–Trinajstić information content (AvgIpc) is 2.77. The first kappa shape index (κ1) is 25.0. The molecule has 1 atom stereocenters. The molecular formula is C18H31F3N4O4. The first-order chi connectivity index (χ1) is 13.3. The molecule has 0 aromatic rings. The number of carbonyl (C=O) groups is 3. The van der Waals surface area contributed by atoms with Crippen molar-refractivity contribution in [2.75, 3.05) is 54.4 Å². The first-order valence-corrected chi connectivity index (χ1v) is 9.52. The van der Waals surface area contributed by atoms with Crippen LogP contribution in [-0.4, -0.2) is 109 Å². The number of amides is 3. The second-order valence-electron chi connectivity index (χ2n) is 7.89.